The van der Waals surface area contributed by atoms with Crippen LogP contribution in [-0.2, 0) is 37.4 Å². The summed E-state index contributed by atoms with van der Waals surface area (Å²) in [6, 6.07) is 14.0. The minimum atomic E-state index is -3.41. The van der Waals surface area contributed by atoms with Gasteiger partial charge in [0.1, 0.15) is 5.78 Å². The quantitative estimate of drug-likeness (QED) is 0.104. The maximum Gasteiger partial charge on any atom is 0.358 e. The lowest BCUT2D eigenvalue weighted by Crippen LogP contribution is -2.30. The van der Waals surface area contributed by atoms with Gasteiger partial charge in [0.25, 0.3) is 0 Å². The van der Waals surface area contributed by atoms with Crippen LogP contribution in [0.3, 0.4) is 0 Å². The number of anilines is 1. The monoisotopic (exact) mass is 731 g/mol. The van der Waals surface area contributed by atoms with Crippen molar-refractivity contribution in [2.75, 3.05) is 38.0 Å². The van der Waals surface area contributed by atoms with Crippen molar-refractivity contribution in [2.45, 2.75) is 88.5 Å². The summed E-state index contributed by atoms with van der Waals surface area (Å²) in [5, 5.41) is 0.453. The highest BCUT2D eigenvalue weighted by atomic mass is 35.5. The third kappa shape index (κ3) is 13.6. The molecule has 48 heavy (non-hydrogen) atoms. The Balaban J connectivity index is 0. The highest BCUT2D eigenvalue weighted by Gasteiger charge is 2.48. The normalized spacial score (nSPS) is 15.5. The van der Waals surface area contributed by atoms with Crippen LogP contribution in [0.4, 0.5) is 11.4 Å². The van der Waals surface area contributed by atoms with E-state index in [-0.39, 0.29) is 31.5 Å². The zero-order valence-electron chi connectivity index (χ0n) is 29.8. The van der Waals surface area contributed by atoms with Crippen molar-refractivity contribution in [3.05, 3.63) is 71.0 Å². The second kappa shape index (κ2) is 22.6. The summed E-state index contributed by atoms with van der Waals surface area (Å²) >= 11 is 0. The zero-order chi connectivity index (χ0) is 35.1. The average Bonchev–Trinajstić information content (AvgIpc) is 3.26. The van der Waals surface area contributed by atoms with E-state index in [2.05, 4.69) is 23.1 Å². The fourth-order valence-electron chi connectivity index (χ4n) is 4.57. The number of ketones is 1. The number of allylic oxidation sites excluding steroid dienone is 1. The molecule has 13 heteroatoms. The Labute approximate surface area is 296 Å². The number of fused-ring (bicyclic) bond motifs is 1. The van der Waals surface area contributed by atoms with E-state index in [0.717, 1.165) is 28.2 Å². The molecular weight excluding hydrogens is 672 g/mol. The van der Waals surface area contributed by atoms with E-state index in [1.54, 1.807) is 27.7 Å². The summed E-state index contributed by atoms with van der Waals surface area (Å²) in [5.74, 6) is 5.17. The molecule has 1 heterocycles. The van der Waals surface area contributed by atoms with E-state index in [0.29, 0.717) is 44.3 Å². The Bertz CT molecular complexity index is 1400. The molecule has 0 radical (unpaired) electrons. The lowest BCUT2D eigenvalue weighted by Gasteiger charge is -2.32. The lowest BCUT2D eigenvalue weighted by atomic mass is 9.79. The number of Topliss-reactive ketones (excluding diaryl/α,β-unsaturated/α-hetero) is 1. The van der Waals surface area contributed by atoms with Gasteiger partial charge in [-0.15, -0.1) is 12.4 Å². The van der Waals surface area contributed by atoms with Crippen LogP contribution < -0.4 is 11.3 Å². The van der Waals surface area contributed by atoms with Gasteiger partial charge in [0.15, 0.2) is 0 Å². The van der Waals surface area contributed by atoms with Crippen molar-refractivity contribution in [2.24, 2.45) is 16.8 Å². The second-order valence-electron chi connectivity index (χ2n) is 11.1. The molecule has 2 atom stereocenters. The molecule has 0 bridgehead atoms. The van der Waals surface area contributed by atoms with Gasteiger partial charge in [0, 0.05) is 17.3 Å². The molecule has 0 fully saturated rings. The van der Waals surface area contributed by atoms with Crippen molar-refractivity contribution >= 4 is 50.5 Å². The summed E-state index contributed by atoms with van der Waals surface area (Å²) in [6.07, 6.45) is 0.863. The number of hydrazine groups is 1. The Morgan fingerprint density at radius 1 is 0.917 bits per heavy atom. The zero-order valence-corrected chi connectivity index (χ0v) is 32.4. The third-order valence-electron chi connectivity index (χ3n) is 7.61. The Kier molecular flexibility index (Phi) is 22.6. The summed E-state index contributed by atoms with van der Waals surface area (Å²) < 4.78 is 46.3. The number of aliphatic imine (C=N–C) groups is 1. The predicted molar refractivity (Wildman–Crippen MR) is 204 cm³/mol. The fourth-order valence-corrected chi connectivity index (χ4v) is 8.29. The van der Waals surface area contributed by atoms with E-state index in [1.165, 1.54) is 12.5 Å². The Hall–Kier alpha value is -2.13. The van der Waals surface area contributed by atoms with Gasteiger partial charge in [-0.3, -0.25) is 24.8 Å². The molecule has 0 saturated heterocycles. The molecule has 2 aromatic rings. The number of rotatable bonds is 15. The molecule has 0 aromatic heterocycles. The molecule has 0 aliphatic carbocycles. The van der Waals surface area contributed by atoms with Gasteiger partial charge in [0.2, 0.25) is 0 Å². The molecule has 2 unspecified atom stereocenters. The highest BCUT2D eigenvalue weighted by molar-refractivity contribution is 7.58. The molecule has 3 N–H and O–H groups in total. The van der Waals surface area contributed by atoms with Crippen LogP contribution in [0.1, 0.15) is 85.9 Å². The minimum absolute atomic E-state index is 0. The molecule has 0 spiro atoms. The van der Waals surface area contributed by atoms with Crippen molar-refractivity contribution in [3.8, 4) is 0 Å². The van der Waals surface area contributed by atoms with Gasteiger partial charge in [0.05, 0.1) is 49.0 Å². The van der Waals surface area contributed by atoms with Crippen LogP contribution >= 0.6 is 27.6 Å². The van der Waals surface area contributed by atoms with Crippen LogP contribution in [0.5, 0.6) is 0 Å². The molecule has 3 rings (SSSR count). The molecule has 0 saturated carbocycles. The number of aryl methyl sites for hydroxylation is 2. The number of halogens is 1. The van der Waals surface area contributed by atoms with Crippen molar-refractivity contribution < 1.29 is 32.0 Å². The summed E-state index contributed by atoms with van der Waals surface area (Å²) in [6.45, 7) is 24.0. The Morgan fingerprint density at radius 3 is 1.83 bits per heavy atom. The lowest BCUT2D eigenvalue weighted by molar-refractivity contribution is -0.120. The van der Waals surface area contributed by atoms with E-state index >= 15 is 0 Å². The van der Waals surface area contributed by atoms with Gasteiger partial charge >= 0.3 is 15.2 Å². The maximum atomic E-state index is 13.1. The first kappa shape index (κ1) is 48.0. The average molecular weight is 732 g/mol. The molecule has 0 amide bonds. The number of nitrogens with zero attached hydrogens (tertiary/aromatic N) is 1. The molecule has 1 aliphatic rings. The smallest absolute Gasteiger partial charge is 0.324 e. The number of hydrogen-bond donors (Lipinski definition) is 2. The number of nitrogens with one attached hydrogen (secondary N) is 1. The third-order valence-corrected chi connectivity index (χ3v) is 12.0. The maximum absolute atomic E-state index is 13.1. The predicted octanol–water partition coefficient (Wildman–Crippen LogP) is 10.3. The first-order valence-electron chi connectivity index (χ1n) is 15.7. The van der Waals surface area contributed by atoms with Crippen molar-refractivity contribution in [3.63, 3.8) is 0 Å². The van der Waals surface area contributed by atoms with Crippen LogP contribution in [0.2, 0.25) is 0 Å². The number of carbonyl (C=O) groups excluding carboxylic acids is 1. The molecule has 1 aliphatic heterocycles. The van der Waals surface area contributed by atoms with Crippen LogP contribution in [0.15, 0.2) is 59.4 Å². The number of nitrogen functional groups attached to an aromatic ring is 1. The molecule has 2 aromatic carbocycles. The van der Waals surface area contributed by atoms with Gasteiger partial charge in [-0.05, 0) is 92.5 Å². The highest BCUT2D eigenvalue weighted by Crippen LogP contribution is 2.64. The largest absolute Gasteiger partial charge is 0.358 e. The Morgan fingerprint density at radius 2 is 1.40 bits per heavy atom. The van der Waals surface area contributed by atoms with E-state index in [1.807, 2.05) is 71.0 Å². The number of hydrogen-bond acceptors (Lipinski definition) is 10. The van der Waals surface area contributed by atoms with Crippen LogP contribution in [-0.4, -0.2) is 44.1 Å². The van der Waals surface area contributed by atoms with Gasteiger partial charge in [-0.1, -0.05) is 56.3 Å². The molecule has 10 nitrogen and oxygen atoms in total. The van der Waals surface area contributed by atoms with Crippen molar-refractivity contribution in [1.82, 2.24) is 0 Å². The van der Waals surface area contributed by atoms with Crippen molar-refractivity contribution in [1.29, 1.82) is 0 Å². The fraction of sp³-hybridized carbons (Fsp3) is 0.543. The first-order valence-corrected chi connectivity index (χ1v) is 19.0. The number of carbonyl (C=O) groups is 1. The van der Waals surface area contributed by atoms with Crippen LogP contribution in [0, 0.1) is 19.8 Å². The van der Waals surface area contributed by atoms with E-state index in [9.17, 15) is 13.9 Å². The summed E-state index contributed by atoms with van der Waals surface area (Å²) in [5.41, 5.74) is 8.00. The van der Waals surface area contributed by atoms with E-state index in [4.69, 9.17) is 23.9 Å². The number of nitrogens with two attached hydrogens (primary N) is 1. The molecule has 274 valence electrons. The topological polar surface area (TPSA) is 139 Å². The van der Waals surface area contributed by atoms with Gasteiger partial charge < -0.3 is 23.5 Å². The van der Waals surface area contributed by atoms with Gasteiger partial charge in [-0.25, -0.2) is 0 Å². The minimum Gasteiger partial charge on any atom is -0.324 e. The SMILES string of the molecule is C.C=C(C1(C)C(C)=Nc2ccc(C)cc21)P(=O)(OCC)OCC.CCOP(=O)(CCC(C)C(C)=O)OCC.Cc1ccc(NN)cc1.Cl. The summed E-state index contributed by atoms with van der Waals surface area (Å²) in [7, 11) is -6.37. The first-order chi connectivity index (χ1) is 21.6. The standard InChI is InChI=1S/C17H24NO3P.C10H21O4P.C7H10N2.CH4.ClH/c1-7-20-22(19,21-8-2)14(5)17(6)13(4)18-16-10-9-12(3)11-15(16)17;1-5-13-15(12,14-6-2)8-7-9(3)10(4)11;1-6-2-4-7(9-8)5-3-6;;/h9-11H,5,7-8H2,1-4,6H3;9H,5-8H2,1-4H3;2-5,9H,8H2,1H3;1H4;1H. The second-order valence-corrected chi connectivity index (χ2v) is 15.3. The number of benzene rings is 2. The molecular formula is C35H60ClN3O7P2. The van der Waals surface area contributed by atoms with Gasteiger partial charge in [-0.2, -0.15) is 0 Å². The van der Waals surface area contributed by atoms with E-state index < -0.39 is 20.6 Å². The summed E-state index contributed by atoms with van der Waals surface area (Å²) in [4.78, 5) is 15.6. The van der Waals surface area contributed by atoms with Crippen LogP contribution in [0.25, 0.3) is 0 Å².